The number of ether oxygens (including phenoxy) is 1. The molecule has 0 unspecified atom stereocenters. The Morgan fingerprint density at radius 1 is 1.19 bits per heavy atom. The van der Waals surface area contributed by atoms with Crippen LogP contribution in [0.15, 0.2) is 30.3 Å². The van der Waals surface area contributed by atoms with E-state index in [1.54, 1.807) is 12.1 Å². The average molecular weight is 435 g/mol. The fourth-order valence-electron chi connectivity index (χ4n) is 4.76. The van der Waals surface area contributed by atoms with Crippen molar-refractivity contribution in [3.05, 3.63) is 52.6 Å². The molecule has 0 spiro atoms. The third kappa shape index (κ3) is 3.50. The number of nitrogens with one attached hydrogen (secondary N) is 2. The molecule has 0 fully saturated rings. The van der Waals surface area contributed by atoms with Gasteiger partial charge in [-0.15, -0.1) is 0 Å². The number of hydrogen-bond acceptors (Lipinski definition) is 5. The number of aliphatic hydroxyl groups is 1. The summed E-state index contributed by atoms with van der Waals surface area (Å²) in [5.41, 5.74) is 5.05. The molecule has 2 aromatic carbocycles. The first-order chi connectivity index (χ1) is 15.4. The van der Waals surface area contributed by atoms with E-state index in [1.807, 2.05) is 30.0 Å². The van der Waals surface area contributed by atoms with Crippen LogP contribution >= 0.6 is 0 Å². The van der Waals surface area contributed by atoms with Crippen LogP contribution in [0.5, 0.6) is 5.75 Å². The highest BCUT2D eigenvalue weighted by Gasteiger charge is 2.38. The second-order valence-corrected chi connectivity index (χ2v) is 8.53. The van der Waals surface area contributed by atoms with E-state index in [0.717, 1.165) is 53.9 Å². The number of carbonyl (C=O) groups excluding carboxylic acids is 3. The molecular formula is C24H25N3O5. The van der Waals surface area contributed by atoms with Gasteiger partial charge in [0, 0.05) is 25.2 Å². The van der Waals surface area contributed by atoms with Crippen LogP contribution < -0.4 is 20.3 Å². The van der Waals surface area contributed by atoms with Crippen molar-refractivity contribution in [3.8, 4) is 5.75 Å². The molecule has 3 N–H and O–H groups in total. The number of benzene rings is 2. The fraction of sp³-hybridized carbons (Fsp3) is 0.375. The summed E-state index contributed by atoms with van der Waals surface area (Å²) in [6.07, 6.45) is 1.55. The predicted molar refractivity (Wildman–Crippen MR) is 118 cm³/mol. The lowest BCUT2D eigenvalue weighted by Crippen LogP contribution is -2.37. The summed E-state index contributed by atoms with van der Waals surface area (Å²) in [6.45, 7) is 3.13. The summed E-state index contributed by atoms with van der Waals surface area (Å²) in [7, 11) is 0. The van der Waals surface area contributed by atoms with E-state index in [9.17, 15) is 19.5 Å². The Bertz CT molecular complexity index is 1130. The SMILES string of the molecule is C[C@H]1C(=O)N2CCCc3cc(NC(=O)C(=O)NC[C@H](O)c4ccc5c(c4)CCO5)cc1c32. The van der Waals surface area contributed by atoms with E-state index in [0.29, 0.717) is 17.9 Å². The molecule has 8 heteroatoms. The molecule has 166 valence electrons. The van der Waals surface area contributed by atoms with Crippen LogP contribution in [-0.2, 0) is 27.2 Å². The topological polar surface area (TPSA) is 108 Å². The van der Waals surface area contributed by atoms with Crippen molar-refractivity contribution in [3.63, 3.8) is 0 Å². The van der Waals surface area contributed by atoms with Gasteiger partial charge in [-0.25, -0.2) is 0 Å². The smallest absolute Gasteiger partial charge is 0.313 e. The zero-order valence-electron chi connectivity index (χ0n) is 17.8. The fourth-order valence-corrected chi connectivity index (χ4v) is 4.76. The first-order valence-corrected chi connectivity index (χ1v) is 10.9. The normalized spacial score (nSPS) is 19.1. The number of anilines is 2. The Labute approximate surface area is 185 Å². The van der Waals surface area contributed by atoms with Crippen molar-refractivity contribution in [2.24, 2.45) is 0 Å². The molecule has 0 aliphatic carbocycles. The molecule has 0 aromatic heterocycles. The summed E-state index contributed by atoms with van der Waals surface area (Å²) in [6, 6.07) is 9.04. The first kappa shape index (κ1) is 20.5. The van der Waals surface area contributed by atoms with E-state index >= 15 is 0 Å². The van der Waals surface area contributed by atoms with Crippen LogP contribution in [0, 0.1) is 0 Å². The predicted octanol–water partition coefficient (Wildman–Crippen LogP) is 1.81. The third-order valence-corrected chi connectivity index (χ3v) is 6.44. The van der Waals surface area contributed by atoms with Crippen molar-refractivity contribution in [1.82, 2.24) is 5.32 Å². The minimum Gasteiger partial charge on any atom is -0.493 e. The van der Waals surface area contributed by atoms with Crippen LogP contribution in [-0.4, -0.2) is 42.5 Å². The molecule has 2 atom stereocenters. The summed E-state index contributed by atoms with van der Waals surface area (Å²) >= 11 is 0. The average Bonchev–Trinajstić information content (AvgIpc) is 3.36. The van der Waals surface area contributed by atoms with E-state index in [4.69, 9.17) is 4.74 Å². The number of aryl methyl sites for hydroxylation is 1. The number of hydrogen-bond donors (Lipinski definition) is 3. The lowest BCUT2D eigenvalue weighted by atomic mass is 9.96. The minimum atomic E-state index is -0.931. The van der Waals surface area contributed by atoms with Gasteiger partial charge in [-0.2, -0.15) is 0 Å². The third-order valence-electron chi connectivity index (χ3n) is 6.44. The lowest BCUT2D eigenvalue weighted by molar-refractivity contribution is -0.136. The Morgan fingerprint density at radius 3 is 2.88 bits per heavy atom. The van der Waals surface area contributed by atoms with Crippen molar-refractivity contribution in [1.29, 1.82) is 0 Å². The molecule has 3 amide bonds. The van der Waals surface area contributed by atoms with Crippen LogP contribution in [0.4, 0.5) is 11.4 Å². The highest BCUT2D eigenvalue weighted by molar-refractivity contribution is 6.39. The summed E-state index contributed by atoms with van der Waals surface area (Å²) in [5, 5.41) is 15.5. The van der Waals surface area contributed by atoms with Crippen molar-refractivity contribution in [2.75, 3.05) is 29.9 Å². The monoisotopic (exact) mass is 435 g/mol. The number of carbonyl (C=O) groups is 3. The molecule has 0 bridgehead atoms. The Kier molecular flexibility index (Phi) is 5.09. The van der Waals surface area contributed by atoms with Crippen LogP contribution in [0.2, 0.25) is 0 Å². The summed E-state index contributed by atoms with van der Waals surface area (Å²) in [4.78, 5) is 39.1. The maximum Gasteiger partial charge on any atom is 0.313 e. The molecule has 5 rings (SSSR count). The molecule has 0 radical (unpaired) electrons. The Morgan fingerprint density at radius 2 is 2.03 bits per heavy atom. The number of nitrogens with zero attached hydrogens (tertiary/aromatic N) is 1. The highest BCUT2D eigenvalue weighted by Crippen LogP contribution is 2.44. The van der Waals surface area contributed by atoms with Crippen LogP contribution in [0.3, 0.4) is 0 Å². The number of fused-ring (bicyclic) bond motifs is 1. The molecule has 0 saturated carbocycles. The maximum atomic E-state index is 12.5. The standard InChI is InChI=1S/C24H25N3O5/c1-13-18-11-17(10-16-3-2-7-27(21(16)18)24(13)31)26-23(30)22(29)25-12-19(28)14-4-5-20-15(9-14)6-8-32-20/h4-5,9-11,13,19,28H,2-3,6-8,12H2,1H3,(H,25,29)(H,26,30)/t13-,19+/m1/s1. The van der Waals surface area contributed by atoms with E-state index < -0.39 is 17.9 Å². The van der Waals surface area contributed by atoms with Gasteiger partial charge in [-0.05, 0) is 66.3 Å². The first-order valence-electron chi connectivity index (χ1n) is 10.9. The van der Waals surface area contributed by atoms with Gasteiger partial charge in [0.25, 0.3) is 0 Å². The molecule has 3 heterocycles. The quantitative estimate of drug-likeness (QED) is 0.635. The van der Waals surface area contributed by atoms with Gasteiger partial charge in [0.15, 0.2) is 0 Å². The zero-order chi connectivity index (χ0) is 22.4. The Balaban J connectivity index is 1.23. The highest BCUT2D eigenvalue weighted by atomic mass is 16.5. The van der Waals surface area contributed by atoms with Gasteiger partial charge in [-0.1, -0.05) is 6.07 Å². The second-order valence-electron chi connectivity index (χ2n) is 8.53. The van der Waals surface area contributed by atoms with Crippen LogP contribution in [0.1, 0.15) is 47.6 Å². The van der Waals surface area contributed by atoms with Gasteiger partial charge >= 0.3 is 11.8 Å². The molecule has 3 aliphatic rings. The van der Waals surface area contributed by atoms with E-state index in [1.165, 1.54) is 0 Å². The largest absolute Gasteiger partial charge is 0.493 e. The van der Waals surface area contributed by atoms with Crippen molar-refractivity contribution in [2.45, 2.75) is 38.2 Å². The maximum absolute atomic E-state index is 12.5. The van der Waals surface area contributed by atoms with Gasteiger partial charge in [0.2, 0.25) is 5.91 Å². The van der Waals surface area contributed by atoms with Gasteiger partial charge in [0.05, 0.1) is 24.3 Å². The lowest BCUT2D eigenvalue weighted by Gasteiger charge is -2.26. The minimum absolute atomic E-state index is 0.0780. The molecule has 32 heavy (non-hydrogen) atoms. The van der Waals surface area contributed by atoms with E-state index in [-0.39, 0.29) is 18.4 Å². The molecule has 0 saturated heterocycles. The summed E-state index contributed by atoms with van der Waals surface area (Å²) in [5.74, 6) is -1.00. The number of aliphatic hydroxyl groups excluding tert-OH is 1. The molecular weight excluding hydrogens is 410 g/mol. The van der Waals surface area contributed by atoms with Gasteiger partial charge in [0.1, 0.15) is 5.75 Å². The Hall–Kier alpha value is -3.39. The van der Waals surface area contributed by atoms with Crippen LogP contribution in [0.25, 0.3) is 0 Å². The summed E-state index contributed by atoms with van der Waals surface area (Å²) < 4.78 is 5.46. The van der Waals surface area contributed by atoms with Crippen molar-refractivity contribution < 1.29 is 24.2 Å². The molecule has 3 aliphatic heterocycles. The van der Waals surface area contributed by atoms with Crippen molar-refractivity contribution >= 4 is 29.1 Å². The number of rotatable bonds is 4. The zero-order valence-corrected chi connectivity index (χ0v) is 17.8. The molecule has 8 nitrogen and oxygen atoms in total. The van der Waals surface area contributed by atoms with Gasteiger partial charge in [-0.3, -0.25) is 14.4 Å². The number of amides is 3. The second kappa shape index (κ2) is 7.94. The van der Waals surface area contributed by atoms with E-state index in [2.05, 4.69) is 10.6 Å². The van der Waals surface area contributed by atoms with Gasteiger partial charge < -0.3 is 25.4 Å². The molecule has 2 aromatic rings.